The highest BCUT2D eigenvalue weighted by molar-refractivity contribution is 5.94. The summed E-state index contributed by atoms with van der Waals surface area (Å²) in [6.45, 7) is 6.72. The fraction of sp³-hybridized carbons (Fsp3) is 0.727. The summed E-state index contributed by atoms with van der Waals surface area (Å²) in [6.07, 6.45) is -9.18. The highest BCUT2D eigenvalue weighted by atomic mass is 19.4. The molecule has 3 nitrogen and oxygen atoms in total. The zero-order valence-corrected chi connectivity index (χ0v) is 11.0. The van der Waals surface area contributed by atoms with Crippen LogP contribution in [0.15, 0.2) is 11.8 Å². The van der Waals surface area contributed by atoms with E-state index in [1.54, 1.807) is 0 Å². The summed E-state index contributed by atoms with van der Waals surface area (Å²) in [4.78, 5) is 9.86. The molecule has 0 amide bonds. The van der Waals surface area contributed by atoms with Crippen LogP contribution >= 0.6 is 0 Å². The van der Waals surface area contributed by atoms with Gasteiger partial charge in [0, 0.05) is 6.08 Å². The standard InChI is InChI=1S/C6H15N.C5H2F6O2/c1-3-5-7-6-4-2;6-4(7,8)2(12)1-3(13)5(9,10)11/h7H,3-6H2,1-2H3;1,12H. The number of nitrogens with one attached hydrogen (secondary N) is 1. The largest absolute Gasteiger partial charge is 0.504 e. The molecule has 2 N–H and O–H groups in total. The first kappa shape index (κ1) is 21.1. The van der Waals surface area contributed by atoms with Gasteiger partial charge in [0.25, 0.3) is 5.78 Å². The third-order valence-electron chi connectivity index (χ3n) is 1.69. The van der Waals surface area contributed by atoms with Gasteiger partial charge in [0.05, 0.1) is 0 Å². The number of rotatable bonds is 5. The van der Waals surface area contributed by atoms with Crippen molar-refractivity contribution in [1.82, 2.24) is 5.32 Å². The predicted octanol–water partition coefficient (Wildman–Crippen LogP) is 3.52. The molecule has 0 spiro atoms. The summed E-state index contributed by atoms with van der Waals surface area (Å²) in [6, 6.07) is 0. The lowest BCUT2D eigenvalue weighted by Crippen LogP contribution is -2.23. The summed E-state index contributed by atoms with van der Waals surface area (Å²) in [5, 5.41) is 11.2. The Labute approximate surface area is 112 Å². The van der Waals surface area contributed by atoms with Gasteiger partial charge in [-0.1, -0.05) is 13.8 Å². The number of carbonyl (C=O) groups is 1. The maximum atomic E-state index is 11.4. The number of allylic oxidation sites excluding steroid dienone is 2. The molecule has 0 radical (unpaired) electrons. The second-order valence-electron chi connectivity index (χ2n) is 3.64. The number of hydrogen-bond donors (Lipinski definition) is 2. The summed E-state index contributed by atoms with van der Waals surface area (Å²) < 4.78 is 68.1. The van der Waals surface area contributed by atoms with E-state index >= 15 is 0 Å². The van der Waals surface area contributed by atoms with Crippen LogP contribution in [0.3, 0.4) is 0 Å². The first-order valence-corrected chi connectivity index (χ1v) is 5.76. The zero-order valence-electron chi connectivity index (χ0n) is 11.0. The van der Waals surface area contributed by atoms with Crippen LogP contribution in [0.25, 0.3) is 0 Å². The minimum absolute atomic E-state index is 0.917. The molecule has 0 atom stereocenters. The van der Waals surface area contributed by atoms with Crippen LogP contribution in [-0.2, 0) is 4.79 Å². The Balaban J connectivity index is 0. The fourth-order valence-electron chi connectivity index (χ4n) is 0.766. The van der Waals surface area contributed by atoms with Gasteiger partial charge in [-0.15, -0.1) is 0 Å². The normalized spacial score (nSPS) is 12.7. The summed E-state index contributed by atoms with van der Waals surface area (Å²) in [5.74, 6) is -5.34. The minimum Gasteiger partial charge on any atom is -0.504 e. The molecular weight excluding hydrogens is 292 g/mol. The van der Waals surface area contributed by atoms with Crippen molar-refractivity contribution in [3.8, 4) is 0 Å². The number of aliphatic hydroxyl groups excluding tert-OH is 1. The van der Waals surface area contributed by atoms with Crippen LogP contribution in [0, 0.1) is 0 Å². The van der Waals surface area contributed by atoms with Crippen molar-refractivity contribution in [2.24, 2.45) is 0 Å². The van der Waals surface area contributed by atoms with Gasteiger partial charge in [-0.2, -0.15) is 26.3 Å². The molecule has 0 aromatic rings. The Morgan fingerprint density at radius 1 is 1.00 bits per heavy atom. The van der Waals surface area contributed by atoms with Gasteiger partial charge in [0.15, 0.2) is 0 Å². The van der Waals surface area contributed by atoms with Crippen LogP contribution in [0.1, 0.15) is 26.7 Å². The third-order valence-corrected chi connectivity index (χ3v) is 1.69. The molecule has 120 valence electrons. The lowest BCUT2D eigenvalue weighted by molar-refractivity contribution is -0.166. The van der Waals surface area contributed by atoms with Gasteiger partial charge in [0.1, 0.15) is 0 Å². The van der Waals surface area contributed by atoms with E-state index in [0.29, 0.717) is 0 Å². The van der Waals surface area contributed by atoms with Gasteiger partial charge in [-0.05, 0) is 25.9 Å². The van der Waals surface area contributed by atoms with E-state index in [-0.39, 0.29) is 0 Å². The molecule has 0 saturated carbocycles. The molecule has 0 rings (SSSR count). The predicted molar refractivity (Wildman–Crippen MR) is 61.3 cm³/mol. The zero-order chi connectivity index (χ0) is 16.4. The van der Waals surface area contributed by atoms with Crippen molar-refractivity contribution in [3.63, 3.8) is 0 Å². The van der Waals surface area contributed by atoms with E-state index < -0.39 is 30.0 Å². The summed E-state index contributed by atoms with van der Waals surface area (Å²) in [5.41, 5.74) is 0. The van der Waals surface area contributed by atoms with Crippen molar-refractivity contribution >= 4 is 5.78 Å². The average Bonchev–Trinajstić information content (AvgIpc) is 2.28. The Hall–Kier alpha value is -1.25. The number of carbonyl (C=O) groups excluding carboxylic acids is 1. The van der Waals surface area contributed by atoms with Crippen molar-refractivity contribution in [3.05, 3.63) is 11.8 Å². The fourth-order valence-corrected chi connectivity index (χ4v) is 0.766. The van der Waals surface area contributed by atoms with Gasteiger partial charge in [-0.3, -0.25) is 4.79 Å². The molecule has 9 heteroatoms. The molecule has 0 aliphatic heterocycles. The van der Waals surface area contributed by atoms with E-state index in [2.05, 4.69) is 19.2 Å². The van der Waals surface area contributed by atoms with Crippen molar-refractivity contribution in [2.75, 3.05) is 13.1 Å². The maximum Gasteiger partial charge on any atom is 0.454 e. The van der Waals surface area contributed by atoms with Gasteiger partial charge in [-0.25, -0.2) is 0 Å². The molecule has 0 aliphatic carbocycles. The van der Waals surface area contributed by atoms with Crippen LogP contribution in [-0.4, -0.2) is 36.3 Å². The smallest absolute Gasteiger partial charge is 0.454 e. The molecule has 0 saturated heterocycles. The number of halogens is 6. The van der Waals surface area contributed by atoms with Gasteiger partial charge in [0.2, 0.25) is 5.76 Å². The first-order chi connectivity index (χ1) is 8.96. The minimum atomic E-state index is -5.42. The molecule has 0 fully saturated rings. The second-order valence-corrected chi connectivity index (χ2v) is 3.64. The highest BCUT2D eigenvalue weighted by Gasteiger charge is 2.41. The lowest BCUT2D eigenvalue weighted by atomic mass is 10.3. The Morgan fingerprint density at radius 3 is 1.65 bits per heavy atom. The quantitative estimate of drug-likeness (QED) is 0.353. The Morgan fingerprint density at radius 2 is 1.40 bits per heavy atom. The van der Waals surface area contributed by atoms with Crippen molar-refractivity contribution in [2.45, 2.75) is 39.0 Å². The number of hydrogen-bond acceptors (Lipinski definition) is 3. The van der Waals surface area contributed by atoms with Crippen LogP contribution in [0.4, 0.5) is 26.3 Å². The van der Waals surface area contributed by atoms with E-state index in [1.165, 1.54) is 25.9 Å². The van der Waals surface area contributed by atoms with E-state index in [0.717, 1.165) is 0 Å². The molecule has 0 bridgehead atoms. The number of alkyl halides is 6. The summed E-state index contributed by atoms with van der Waals surface area (Å²) >= 11 is 0. The van der Waals surface area contributed by atoms with E-state index in [9.17, 15) is 31.1 Å². The summed E-state index contributed by atoms with van der Waals surface area (Å²) in [7, 11) is 0. The Kier molecular flexibility index (Phi) is 10.1. The van der Waals surface area contributed by atoms with Crippen molar-refractivity contribution < 1.29 is 36.2 Å². The van der Waals surface area contributed by atoms with E-state index in [1.807, 2.05) is 0 Å². The lowest BCUT2D eigenvalue weighted by Gasteiger charge is -2.05. The second kappa shape index (κ2) is 9.62. The maximum absolute atomic E-state index is 11.4. The SMILES string of the molecule is CCCNCCC.O=C(C=C(O)C(F)(F)F)C(F)(F)F. The van der Waals surface area contributed by atoms with E-state index in [4.69, 9.17) is 5.11 Å². The number of aliphatic hydroxyl groups is 1. The van der Waals surface area contributed by atoms with Crippen LogP contribution in [0.5, 0.6) is 0 Å². The van der Waals surface area contributed by atoms with Gasteiger partial charge >= 0.3 is 12.4 Å². The Bertz CT molecular complexity index is 305. The average molecular weight is 309 g/mol. The molecule has 20 heavy (non-hydrogen) atoms. The molecule has 0 heterocycles. The van der Waals surface area contributed by atoms with Crippen LogP contribution < -0.4 is 5.32 Å². The number of ketones is 1. The molecule has 0 aliphatic rings. The molecule has 0 aromatic heterocycles. The van der Waals surface area contributed by atoms with Gasteiger partial charge < -0.3 is 10.4 Å². The monoisotopic (exact) mass is 309 g/mol. The van der Waals surface area contributed by atoms with Crippen LogP contribution in [0.2, 0.25) is 0 Å². The first-order valence-electron chi connectivity index (χ1n) is 5.76. The molecular formula is C11H17F6NO2. The highest BCUT2D eigenvalue weighted by Crippen LogP contribution is 2.25. The topological polar surface area (TPSA) is 49.3 Å². The van der Waals surface area contributed by atoms with Crippen molar-refractivity contribution in [1.29, 1.82) is 0 Å². The molecule has 0 aromatic carbocycles. The third kappa shape index (κ3) is 11.8. The molecule has 0 unspecified atom stereocenters.